The Morgan fingerprint density at radius 2 is 1.90 bits per heavy atom. The van der Waals surface area contributed by atoms with Crippen molar-refractivity contribution >= 4 is 17.7 Å². The quantitative estimate of drug-likeness (QED) is 0.734. The van der Waals surface area contributed by atoms with Crippen LogP contribution in [0.5, 0.6) is 0 Å². The second-order valence-corrected chi connectivity index (χ2v) is 6.44. The van der Waals surface area contributed by atoms with E-state index >= 15 is 0 Å². The molecule has 0 fully saturated rings. The van der Waals surface area contributed by atoms with Crippen LogP contribution in [0.4, 0.5) is 0 Å². The first-order valence-electron chi connectivity index (χ1n) is 6.89. The summed E-state index contributed by atoms with van der Waals surface area (Å²) in [5, 5.41) is 0. The lowest BCUT2D eigenvalue weighted by molar-refractivity contribution is 0.0761. The maximum absolute atomic E-state index is 12.6. The van der Waals surface area contributed by atoms with Gasteiger partial charge in [0.25, 0.3) is 5.91 Å². The van der Waals surface area contributed by atoms with Crippen molar-refractivity contribution in [2.45, 2.75) is 17.9 Å². The zero-order chi connectivity index (χ0) is 13.7. The number of hydrogen-bond donors (Lipinski definition) is 0. The third-order valence-electron chi connectivity index (χ3n) is 4.17. The van der Waals surface area contributed by atoms with Crippen LogP contribution in [0, 0.1) is 6.92 Å². The molecule has 0 saturated carbocycles. The van der Waals surface area contributed by atoms with Crippen molar-refractivity contribution in [1.29, 1.82) is 0 Å². The van der Waals surface area contributed by atoms with Gasteiger partial charge in [-0.05, 0) is 29.7 Å². The number of carbonyl (C=O) groups excluding carboxylic acids is 1. The lowest BCUT2D eigenvalue weighted by Gasteiger charge is -2.24. The Kier molecular flexibility index (Phi) is 2.64. The third-order valence-corrected chi connectivity index (χ3v) is 5.41. The number of aryl methyl sites for hydroxylation is 1. The minimum Gasteiger partial charge on any atom is -0.327 e. The second kappa shape index (κ2) is 4.38. The SMILES string of the molecule is Cc1cccc2c1SCCN1C(=O)c3ccccc3C21. The van der Waals surface area contributed by atoms with Crippen molar-refractivity contribution in [1.82, 2.24) is 4.90 Å². The van der Waals surface area contributed by atoms with E-state index < -0.39 is 0 Å². The molecule has 20 heavy (non-hydrogen) atoms. The van der Waals surface area contributed by atoms with Gasteiger partial charge in [0, 0.05) is 22.8 Å². The number of hydrogen-bond acceptors (Lipinski definition) is 2. The highest BCUT2D eigenvalue weighted by Gasteiger charge is 2.39. The Morgan fingerprint density at radius 1 is 1.10 bits per heavy atom. The zero-order valence-corrected chi connectivity index (χ0v) is 12.1. The lowest BCUT2D eigenvalue weighted by Crippen LogP contribution is -2.29. The molecule has 0 bridgehead atoms. The minimum absolute atomic E-state index is 0.101. The molecule has 0 N–H and O–H groups in total. The van der Waals surface area contributed by atoms with Crippen LogP contribution in [0.15, 0.2) is 47.4 Å². The number of fused-ring (bicyclic) bond motifs is 5. The van der Waals surface area contributed by atoms with E-state index in [2.05, 4.69) is 31.2 Å². The van der Waals surface area contributed by atoms with Gasteiger partial charge in [-0.25, -0.2) is 0 Å². The number of thioether (sulfide) groups is 1. The summed E-state index contributed by atoms with van der Waals surface area (Å²) < 4.78 is 0. The molecule has 0 radical (unpaired) electrons. The normalized spacial score (nSPS) is 20.1. The Bertz CT molecular complexity index is 710. The molecule has 2 aromatic rings. The monoisotopic (exact) mass is 281 g/mol. The molecule has 2 heterocycles. The Balaban J connectivity index is 1.98. The Labute approximate surface area is 122 Å². The van der Waals surface area contributed by atoms with E-state index in [0.29, 0.717) is 0 Å². The summed E-state index contributed by atoms with van der Waals surface area (Å²) in [6.07, 6.45) is 0. The van der Waals surface area contributed by atoms with Crippen LogP contribution in [-0.2, 0) is 0 Å². The molecule has 100 valence electrons. The van der Waals surface area contributed by atoms with Crippen LogP contribution in [0.1, 0.15) is 33.1 Å². The van der Waals surface area contributed by atoms with Crippen LogP contribution in [0.25, 0.3) is 0 Å². The molecule has 0 saturated heterocycles. The van der Waals surface area contributed by atoms with E-state index in [-0.39, 0.29) is 11.9 Å². The van der Waals surface area contributed by atoms with Crippen molar-refractivity contribution in [3.8, 4) is 0 Å². The van der Waals surface area contributed by atoms with Crippen LogP contribution in [-0.4, -0.2) is 23.1 Å². The molecular formula is C17H15NOS. The average Bonchev–Trinajstić information content (AvgIpc) is 2.63. The smallest absolute Gasteiger partial charge is 0.255 e. The molecule has 2 aromatic carbocycles. The molecule has 0 aromatic heterocycles. The van der Waals surface area contributed by atoms with Gasteiger partial charge in [0.1, 0.15) is 0 Å². The van der Waals surface area contributed by atoms with E-state index in [1.807, 2.05) is 34.9 Å². The molecular weight excluding hydrogens is 266 g/mol. The zero-order valence-electron chi connectivity index (χ0n) is 11.3. The maximum Gasteiger partial charge on any atom is 0.255 e. The molecule has 1 atom stereocenters. The summed E-state index contributed by atoms with van der Waals surface area (Å²) in [5.74, 6) is 1.15. The maximum atomic E-state index is 12.6. The number of benzene rings is 2. The van der Waals surface area contributed by atoms with E-state index in [9.17, 15) is 4.79 Å². The molecule has 3 heteroatoms. The third kappa shape index (κ3) is 1.56. The fraction of sp³-hybridized carbons (Fsp3) is 0.235. The number of rotatable bonds is 0. The lowest BCUT2D eigenvalue weighted by atomic mass is 9.96. The molecule has 1 unspecified atom stereocenters. The van der Waals surface area contributed by atoms with Crippen molar-refractivity contribution in [3.63, 3.8) is 0 Å². The first-order valence-corrected chi connectivity index (χ1v) is 7.88. The highest BCUT2D eigenvalue weighted by atomic mass is 32.2. The molecule has 2 aliphatic heterocycles. The van der Waals surface area contributed by atoms with Crippen LogP contribution in [0.3, 0.4) is 0 Å². The van der Waals surface area contributed by atoms with Gasteiger partial charge in [-0.3, -0.25) is 4.79 Å². The summed E-state index contributed by atoms with van der Waals surface area (Å²) in [7, 11) is 0. The second-order valence-electron chi connectivity index (χ2n) is 5.33. The van der Waals surface area contributed by atoms with Crippen LogP contribution in [0.2, 0.25) is 0 Å². The van der Waals surface area contributed by atoms with Gasteiger partial charge in [-0.1, -0.05) is 36.4 Å². The van der Waals surface area contributed by atoms with Gasteiger partial charge in [0.05, 0.1) is 6.04 Å². The van der Waals surface area contributed by atoms with Gasteiger partial charge in [-0.2, -0.15) is 0 Å². The first-order chi connectivity index (χ1) is 9.77. The highest BCUT2D eigenvalue weighted by Crippen LogP contribution is 2.44. The summed E-state index contributed by atoms with van der Waals surface area (Å²) in [4.78, 5) is 16.0. The van der Waals surface area contributed by atoms with Crippen LogP contribution >= 0.6 is 11.8 Å². The molecule has 4 rings (SSSR count). The Morgan fingerprint density at radius 3 is 2.80 bits per heavy atom. The average molecular weight is 281 g/mol. The van der Waals surface area contributed by atoms with Gasteiger partial charge >= 0.3 is 0 Å². The van der Waals surface area contributed by atoms with E-state index in [1.165, 1.54) is 16.0 Å². The number of amides is 1. The number of carbonyl (C=O) groups is 1. The van der Waals surface area contributed by atoms with Gasteiger partial charge < -0.3 is 4.90 Å². The predicted octanol–water partition coefficient (Wildman–Crippen LogP) is 3.65. The summed E-state index contributed by atoms with van der Waals surface area (Å²) >= 11 is 1.88. The van der Waals surface area contributed by atoms with Gasteiger partial charge in [0.15, 0.2) is 0 Å². The molecule has 2 nitrogen and oxygen atoms in total. The highest BCUT2D eigenvalue weighted by molar-refractivity contribution is 7.99. The van der Waals surface area contributed by atoms with Crippen molar-refractivity contribution < 1.29 is 4.79 Å². The molecule has 1 amide bonds. The fourth-order valence-electron chi connectivity index (χ4n) is 3.27. The summed E-state index contributed by atoms with van der Waals surface area (Å²) in [6.45, 7) is 2.97. The van der Waals surface area contributed by atoms with E-state index in [1.54, 1.807) is 0 Å². The largest absolute Gasteiger partial charge is 0.327 e. The molecule has 0 aliphatic carbocycles. The molecule has 0 spiro atoms. The topological polar surface area (TPSA) is 20.3 Å². The predicted molar refractivity (Wildman–Crippen MR) is 81.2 cm³/mol. The summed E-state index contributed by atoms with van der Waals surface area (Å²) in [6, 6.07) is 14.6. The van der Waals surface area contributed by atoms with Gasteiger partial charge in [0.2, 0.25) is 0 Å². The number of nitrogens with zero attached hydrogens (tertiary/aromatic N) is 1. The van der Waals surface area contributed by atoms with Crippen molar-refractivity contribution in [2.24, 2.45) is 0 Å². The minimum atomic E-state index is 0.101. The standard InChI is InChI=1S/C17H15NOS/c1-11-5-4-8-14-15-12-6-2-3-7-13(12)17(19)18(15)9-10-20-16(11)14/h2-8,15H,9-10H2,1H3. The van der Waals surface area contributed by atoms with E-state index in [4.69, 9.17) is 0 Å². The van der Waals surface area contributed by atoms with Crippen LogP contribution < -0.4 is 0 Å². The van der Waals surface area contributed by atoms with E-state index in [0.717, 1.165) is 23.4 Å². The fourth-order valence-corrected chi connectivity index (χ4v) is 4.40. The van der Waals surface area contributed by atoms with Crippen molar-refractivity contribution in [3.05, 3.63) is 64.7 Å². The molecule has 2 aliphatic rings. The first kappa shape index (κ1) is 12.0. The Hall–Kier alpha value is -1.74. The summed E-state index contributed by atoms with van der Waals surface area (Å²) in [5.41, 5.74) is 4.63. The van der Waals surface area contributed by atoms with Gasteiger partial charge in [-0.15, -0.1) is 11.8 Å². The van der Waals surface area contributed by atoms with Crippen molar-refractivity contribution in [2.75, 3.05) is 12.3 Å².